The second-order valence-electron chi connectivity index (χ2n) is 3.85. The topological polar surface area (TPSA) is 32.3 Å². The quantitative estimate of drug-likeness (QED) is 0.782. The highest BCUT2D eigenvalue weighted by atomic mass is 16.3. The molecular weight excluding hydrogens is 210 g/mol. The molecule has 17 heavy (non-hydrogen) atoms. The van der Waals surface area contributed by atoms with Crippen LogP contribution in [-0.4, -0.2) is 5.11 Å². The van der Waals surface area contributed by atoms with Crippen LogP contribution in [0.25, 0.3) is 0 Å². The lowest BCUT2D eigenvalue weighted by atomic mass is 9.99. The summed E-state index contributed by atoms with van der Waals surface area (Å²) in [5.41, 5.74) is 2.18. The third kappa shape index (κ3) is 2.88. The number of aliphatic hydroxyl groups is 1. The van der Waals surface area contributed by atoms with Gasteiger partial charge in [-0.05, 0) is 17.7 Å². The lowest BCUT2D eigenvalue weighted by Crippen LogP contribution is -2.21. The summed E-state index contributed by atoms with van der Waals surface area (Å²) in [6, 6.07) is 19.9. The van der Waals surface area contributed by atoms with Gasteiger partial charge in [-0.1, -0.05) is 60.7 Å². The molecule has 0 fully saturated rings. The first kappa shape index (κ1) is 11.3. The highest BCUT2D eigenvalue weighted by Crippen LogP contribution is 2.22. The smallest absolute Gasteiger partial charge is 0.177 e. The van der Waals surface area contributed by atoms with E-state index >= 15 is 0 Å². The van der Waals surface area contributed by atoms with Crippen molar-refractivity contribution >= 4 is 0 Å². The van der Waals surface area contributed by atoms with Crippen molar-refractivity contribution in [2.45, 2.75) is 6.04 Å². The van der Waals surface area contributed by atoms with Gasteiger partial charge in [-0.3, -0.25) is 0 Å². The normalized spacial score (nSPS) is 10.2. The predicted molar refractivity (Wildman–Crippen MR) is 69.6 cm³/mol. The van der Waals surface area contributed by atoms with Crippen molar-refractivity contribution in [1.29, 1.82) is 0 Å². The maximum atomic E-state index is 9.34. The Bertz CT molecular complexity index is 439. The van der Waals surface area contributed by atoms with Crippen LogP contribution < -0.4 is 5.32 Å². The van der Waals surface area contributed by atoms with Gasteiger partial charge in [0.05, 0.1) is 6.04 Å². The van der Waals surface area contributed by atoms with Crippen molar-refractivity contribution in [3.63, 3.8) is 0 Å². The molecule has 2 N–H and O–H groups in total. The number of benzene rings is 2. The first-order valence-corrected chi connectivity index (χ1v) is 5.51. The standard InChI is InChI=1S/C15H15NO/c1-12(17)16-15(13-8-4-2-5-9-13)14-10-6-3-7-11-14/h2-11,15-17H,1H2. The largest absolute Gasteiger partial charge is 0.495 e. The molecule has 0 aliphatic rings. The van der Waals surface area contributed by atoms with Gasteiger partial charge in [-0.15, -0.1) is 0 Å². The van der Waals surface area contributed by atoms with E-state index in [4.69, 9.17) is 0 Å². The van der Waals surface area contributed by atoms with E-state index in [0.29, 0.717) is 0 Å². The number of hydrogen-bond acceptors (Lipinski definition) is 2. The van der Waals surface area contributed by atoms with E-state index < -0.39 is 0 Å². The zero-order chi connectivity index (χ0) is 12.1. The molecule has 0 aliphatic heterocycles. The van der Waals surface area contributed by atoms with Crippen molar-refractivity contribution in [3.8, 4) is 0 Å². The van der Waals surface area contributed by atoms with Crippen molar-refractivity contribution in [3.05, 3.63) is 84.3 Å². The molecular formula is C15H15NO. The molecule has 0 bridgehead atoms. The van der Waals surface area contributed by atoms with E-state index in [0.717, 1.165) is 11.1 Å². The van der Waals surface area contributed by atoms with E-state index in [1.54, 1.807) is 0 Å². The van der Waals surface area contributed by atoms with Gasteiger partial charge < -0.3 is 10.4 Å². The van der Waals surface area contributed by atoms with Crippen LogP contribution in [0.2, 0.25) is 0 Å². The van der Waals surface area contributed by atoms with E-state index in [9.17, 15) is 5.11 Å². The molecule has 0 heterocycles. The van der Waals surface area contributed by atoms with Gasteiger partial charge in [0.2, 0.25) is 0 Å². The molecule has 2 heteroatoms. The first-order valence-electron chi connectivity index (χ1n) is 5.51. The zero-order valence-electron chi connectivity index (χ0n) is 9.51. The predicted octanol–water partition coefficient (Wildman–Crippen LogP) is 3.39. The number of rotatable bonds is 4. The summed E-state index contributed by atoms with van der Waals surface area (Å²) in [7, 11) is 0. The van der Waals surface area contributed by atoms with Crippen LogP contribution in [0.15, 0.2) is 73.1 Å². The van der Waals surface area contributed by atoms with Gasteiger partial charge in [-0.25, -0.2) is 0 Å². The van der Waals surface area contributed by atoms with Gasteiger partial charge in [0, 0.05) is 0 Å². The maximum absolute atomic E-state index is 9.34. The van der Waals surface area contributed by atoms with Gasteiger partial charge >= 0.3 is 0 Å². The summed E-state index contributed by atoms with van der Waals surface area (Å²) in [6.45, 7) is 3.49. The van der Waals surface area contributed by atoms with E-state index in [1.807, 2.05) is 60.7 Å². The average Bonchev–Trinajstić information content (AvgIpc) is 2.38. The Labute approximate surface area is 101 Å². The molecule has 0 aliphatic carbocycles. The third-order valence-electron chi connectivity index (χ3n) is 2.58. The Morgan fingerprint density at radius 1 is 0.882 bits per heavy atom. The second-order valence-corrected chi connectivity index (χ2v) is 3.85. The fourth-order valence-electron chi connectivity index (χ4n) is 1.82. The van der Waals surface area contributed by atoms with Gasteiger partial charge in [-0.2, -0.15) is 0 Å². The molecule has 2 aromatic rings. The lowest BCUT2D eigenvalue weighted by Gasteiger charge is -2.19. The summed E-state index contributed by atoms with van der Waals surface area (Å²) >= 11 is 0. The van der Waals surface area contributed by atoms with Crippen LogP contribution >= 0.6 is 0 Å². The average molecular weight is 225 g/mol. The Hall–Kier alpha value is -2.22. The number of hydrogen-bond donors (Lipinski definition) is 2. The van der Waals surface area contributed by atoms with E-state index in [-0.39, 0.29) is 11.9 Å². The highest BCUT2D eigenvalue weighted by Gasteiger charge is 2.13. The van der Waals surface area contributed by atoms with Gasteiger partial charge in [0.15, 0.2) is 5.88 Å². The minimum absolute atomic E-state index is 0.0253. The van der Waals surface area contributed by atoms with Crippen LogP contribution in [0.1, 0.15) is 17.2 Å². The summed E-state index contributed by atoms with van der Waals surface area (Å²) in [5.74, 6) is -0.0253. The molecule has 86 valence electrons. The minimum atomic E-state index is -0.0742. The fraction of sp³-hybridized carbons (Fsp3) is 0.0667. The van der Waals surface area contributed by atoms with Crippen LogP contribution in [0.4, 0.5) is 0 Å². The first-order chi connectivity index (χ1) is 8.27. The number of aliphatic hydroxyl groups excluding tert-OH is 1. The summed E-state index contributed by atoms with van der Waals surface area (Å²) in [6.07, 6.45) is 0. The third-order valence-corrected chi connectivity index (χ3v) is 2.58. The van der Waals surface area contributed by atoms with E-state index in [1.165, 1.54) is 0 Å². The van der Waals surface area contributed by atoms with Gasteiger partial charge in [0.1, 0.15) is 0 Å². The molecule has 2 nitrogen and oxygen atoms in total. The Balaban J connectivity index is 2.36. The molecule has 0 radical (unpaired) electrons. The molecule has 0 saturated carbocycles. The van der Waals surface area contributed by atoms with Crippen LogP contribution in [-0.2, 0) is 0 Å². The molecule has 0 amide bonds. The Morgan fingerprint density at radius 3 is 1.65 bits per heavy atom. The fourth-order valence-corrected chi connectivity index (χ4v) is 1.82. The summed E-state index contributed by atoms with van der Waals surface area (Å²) < 4.78 is 0. The maximum Gasteiger partial charge on any atom is 0.177 e. The Kier molecular flexibility index (Phi) is 3.46. The van der Waals surface area contributed by atoms with Crippen LogP contribution in [0.3, 0.4) is 0 Å². The van der Waals surface area contributed by atoms with Gasteiger partial charge in [0.25, 0.3) is 0 Å². The lowest BCUT2D eigenvalue weighted by molar-refractivity contribution is 0.354. The molecule has 2 aromatic carbocycles. The highest BCUT2D eigenvalue weighted by molar-refractivity contribution is 5.32. The SMILES string of the molecule is C=C(O)NC(c1ccccc1)c1ccccc1. The van der Waals surface area contributed by atoms with Crippen molar-refractivity contribution in [2.75, 3.05) is 0 Å². The molecule has 0 saturated heterocycles. The van der Waals surface area contributed by atoms with Crippen LogP contribution in [0, 0.1) is 0 Å². The summed E-state index contributed by atoms with van der Waals surface area (Å²) in [4.78, 5) is 0. The van der Waals surface area contributed by atoms with Crippen LogP contribution in [0.5, 0.6) is 0 Å². The second kappa shape index (κ2) is 5.21. The zero-order valence-corrected chi connectivity index (χ0v) is 9.51. The molecule has 0 unspecified atom stereocenters. The van der Waals surface area contributed by atoms with Crippen molar-refractivity contribution in [1.82, 2.24) is 5.32 Å². The van der Waals surface area contributed by atoms with Crippen molar-refractivity contribution in [2.24, 2.45) is 0 Å². The van der Waals surface area contributed by atoms with E-state index in [2.05, 4.69) is 11.9 Å². The molecule has 2 rings (SSSR count). The number of nitrogens with one attached hydrogen (secondary N) is 1. The Morgan fingerprint density at radius 2 is 1.29 bits per heavy atom. The van der Waals surface area contributed by atoms with Crippen molar-refractivity contribution < 1.29 is 5.11 Å². The molecule has 0 spiro atoms. The molecule has 0 atom stereocenters. The minimum Gasteiger partial charge on any atom is -0.495 e. The molecule has 0 aromatic heterocycles. The summed E-state index contributed by atoms with van der Waals surface area (Å²) in [5, 5.41) is 12.3. The monoisotopic (exact) mass is 225 g/mol.